The maximum absolute atomic E-state index is 12.4. The van der Waals surface area contributed by atoms with Gasteiger partial charge < -0.3 is 15.0 Å². The number of carbonyl (C=O) groups excluding carboxylic acids is 1. The van der Waals surface area contributed by atoms with E-state index < -0.39 is 4.92 Å². The summed E-state index contributed by atoms with van der Waals surface area (Å²) in [6.45, 7) is 2.91. The Hall–Kier alpha value is -2.16. The number of hydrogen-bond acceptors (Lipinski definition) is 5. The van der Waals surface area contributed by atoms with Gasteiger partial charge in [0.2, 0.25) is 0 Å². The quantitative estimate of drug-likeness (QED) is 0.646. The van der Waals surface area contributed by atoms with Crippen molar-refractivity contribution in [2.45, 2.75) is 6.54 Å². The molecule has 1 saturated heterocycles. The highest BCUT2D eigenvalue weighted by Crippen LogP contribution is 2.26. The third-order valence-corrected chi connectivity index (χ3v) is 4.79. The summed E-state index contributed by atoms with van der Waals surface area (Å²) in [7, 11) is 0. The zero-order valence-electron chi connectivity index (χ0n) is 13.1. The van der Waals surface area contributed by atoms with Gasteiger partial charge in [-0.2, -0.15) is 0 Å². The molecule has 0 spiro atoms. The minimum atomic E-state index is -0.616. The van der Waals surface area contributed by atoms with E-state index in [0.29, 0.717) is 42.8 Å². The molecule has 1 aromatic heterocycles. The fourth-order valence-electron chi connectivity index (χ4n) is 2.69. The number of H-pyrrole nitrogens is 1. The molecule has 0 aliphatic carbocycles. The van der Waals surface area contributed by atoms with Crippen molar-refractivity contribution >= 4 is 34.9 Å². The van der Waals surface area contributed by atoms with Crippen molar-refractivity contribution in [3.8, 4) is 0 Å². The van der Waals surface area contributed by atoms with Crippen LogP contribution in [0.2, 0.25) is 10.0 Å². The number of hydrogen-bond donors (Lipinski definition) is 1. The van der Waals surface area contributed by atoms with E-state index in [0.717, 1.165) is 11.6 Å². The van der Waals surface area contributed by atoms with E-state index in [2.05, 4.69) is 15.1 Å². The number of nitrogens with one attached hydrogen (secondary N) is 1. The lowest BCUT2D eigenvalue weighted by atomic mass is 10.2. The molecule has 0 unspecified atom stereocenters. The van der Waals surface area contributed by atoms with E-state index in [1.807, 2.05) is 0 Å². The number of aromatic amines is 1. The predicted molar refractivity (Wildman–Crippen MR) is 92.9 cm³/mol. The molecule has 132 valence electrons. The standard InChI is InChI=1S/C15H15Cl2N5O3/c16-11-2-1-3-12(17)10(11)9-20-4-6-21(7-5-20)15(23)13-8-14(19-18-13)22(24)25/h1-3,8H,4-7,9H2,(H,18,19). The van der Waals surface area contributed by atoms with Crippen LogP contribution in [0.15, 0.2) is 24.3 Å². The van der Waals surface area contributed by atoms with Gasteiger partial charge in [-0.05, 0) is 17.1 Å². The molecule has 1 fully saturated rings. The molecular formula is C15H15Cl2N5O3. The van der Waals surface area contributed by atoms with Gasteiger partial charge in [0.15, 0.2) is 5.69 Å². The summed E-state index contributed by atoms with van der Waals surface area (Å²) in [6, 6.07) is 6.55. The van der Waals surface area contributed by atoms with Crippen LogP contribution in [0, 0.1) is 10.1 Å². The van der Waals surface area contributed by atoms with Gasteiger partial charge in [0.25, 0.3) is 5.91 Å². The summed E-state index contributed by atoms with van der Waals surface area (Å²) >= 11 is 12.4. The number of carbonyl (C=O) groups is 1. The molecule has 1 aromatic carbocycles. The van der Waals surface area contributed by atoms with Crippen LogP contribution >= 0.6 is 23.2 Å². The number of nitrogens with zero attached hydrogens (tertiary/aromatic N) is 4. The maximum Gasteiger partial charge on any atom is 0.343 e. The molecule has 0 bridgehead atoms. The molecule has 1 aliphatic heterocycles. The lowest BCUT2D eigenvalue weighted by Crippen LogP contribution is -2.48. The highest BCUT2D eigenvalue weighted by Gasteiger charge is 2.26. The first kappa shape index (κ1) is 17.7. The fraction of sp³-hybridized carbons (Fsp3) is 0.333. The van der Waals surface area contributed by atoms with Crippen LogP contribution in [0.1, 0.15) is 16.1 Å². The smallest absolute Gasteiger partial charge is 0.343 e. The van der Waals surface area contributed by atoms with Crippen LogP contribution in [0.25, 0.3) is 0 Å². The first-order valence-corrected chi connectivity index (χ1v) is 8.35. The monoisotopic (exact) mass is 383 g/mol. The summed E-state index contributed by atoms with van der Waals surface area (Å²) in [6.07, 6.45) is 0. The van der Waals surface area contributed by atoms with Gasteiger partial charge in [0.05, 0.1) is 6.07 Å². The molecular weight excluding hydrogens is 369 g/mol. The van der Waals surface area contributed by atoms with Crippen molar-refractivity contribution in [3.63, 3.8) is 0 Å². The van der Waals surface area contributed by atoms with Crippen LogP contribution in [0.3, 0.4) is 0 Å². The van der Waals surface area contributed by atoms with Crippen molar-refractivity contribution in [2.24, 2.45) is 0 Å². The Kier molecular flexibility index (Phi) is 5.22. The Morgan fingerprint density at radius 1 is 1.24 bits per heavy atom. The average Bonchev–Trinajstić information content (AvgIpc) is 3.09. The molecule has 1 amide bonds. The molecule has 1 N–H and O–H groups in total. The van der Waals surface area contributed by atoms with Crippen LogP contribution in [-0.2, 0) is 6.54 Å². The highest BCUT2D eigenvalue weighted by molar-refractivity contribution is 6.35. The van der Waals surface area contributed by atoms with E-state index in [-0.39, 0.29) is 17.4 Å². The van der Waals surface area contributed by atoms with Gasteiger partial charge in [0.1, 0.15) is 0 Å². The van der Waals surface area contributed by atoms with Crippen molar-refractivity contribution in [2.75, 3.05) is 26.2 Å². The first-order valence-electron chi connectivity index (χ1n) is 7.60. The Balaban J connectivity index is 1.59. The number of rotatable bonds is 4. The molecule has 8 nitrogen and oxygen atoms in total. The van der Waals surface area contributed by atoms with Gasteiger partial charge in [-0.1, -0.05) is 34.4 Å². The Morgan fingerprint density at radius 3 is 2.44 bits per heavy atom. The maximum atomic E-state index is 12.4. The third kappa shape index (κ3) is 3.92. The molecule has 2 aromatic rings. The molecule has 0 atom stereocenters. The first-order chi connectivity index (χ1) is 12.0. The van der Waals surface area contributed by atoms with Crippen LogP contribution in [-0.4, -0.2) is 57.0 Å². The third-order valence-electron chi connectivity index (χ3n) is 4.08. The highest BCUT2D eigenvalue weighted by atomic mass is 35.5. The number of amides is 1. The van der Waals surface area contributed by atoms with E-state index in [9.17, 15) is 14.9 Å². The summed E-state index contributed by atoms with van der Waals surface area (Å²) in [5, 5.41) is 17.9. The predicted octanol–water partition coefficient (Wildman–Crippen LogP) is 2.58. The van der Waals surface area contributed by atoms with Crippen LogP contribution in [0.4, 0.5) is 5.82 Å². The molecule has 0 radical (unpaired) electrons. The molecule has 0 saturated carbocycles. The Bertz CT molecular complexity index is 782. The van der Waals surface area contributed by atoms with Gasteiger partial charge in [0, 0.05) is 48.3 Å². The molecule has 2 heterocycles. The summed E-state index contributed by atoms with van der Waals surface area (Å²) in [5.41, 5.74) is 0.919. The summed E-state index contributed by atoms with van der Waals surface area (Å²) in [5.74, 6) is -0.616. The second-order valence-electron chi connectivity index (χ2n) is 5.66. The van der Waals surface area contributed by atoms with E-state index in [1.165, 1.54) is 0 Å². The second-order valence-corrected chi connectivity index (χ2v) is 6.48. The lowest BCUT2D eigenvalue weighted by molar-refractivity contribution is -0.389. The zero-order chi connectivity index (χ0) is 18.0. The second kappa shape index (κ2) is 7.38. The van der Waals surface area contributed by atoms with Crippen molar-refractivity contribution in [3.05, 3.63) is 55.7 Å². The van der Waals surface area contributed by atoms with Crippen LogP contribution < -0.4 is 0 Å². The number of nitro groups is 1. The normalized spacial score (nSPS) is 15.4. The Morgan fingerprint density at radius 2 is 1.88 bits per heavy atom. The lowest BCUT2D eigenvalue weighted by Gasteiger charge is -2.34. The fourth-order valence-corrected chi connectivity index (χ4v) is 3.21. The molecule has 3 rings (SSSR count). The number of aromatic nitrogens is 2. The molecule has 1 aliphatic rings. The molecule has 25 heavy (non-hydrogen) atoms. The topological polar surface area (TPSA) is 95.4 Å². The largest absolute Gasteiger partial charge is 0.358 e. The van der Waals surface area contributed by atoms with E-state index in [4.69, 9.17) is 23.2 Å². The Labute approximate surface area is 153 Å². The minimum Gasteiger partial charge on any atom is -0.358 e. The number of benzene rings is 1. The van der Waals surface area contributed by atoms with Gasteiger partial charge >= 0.3 is 5.82 Å². The summed E-state index contributed by atoms with van der Waals surface area (Å²) < 4.78 is 0. The van der Waals surface area contributed by atoms with E-state index in [1.54, 1.807) is 23.1 Å². The van der Waals surface area contributed by atoms with E-state index >= 15 is 0 Å². The van der Waals surface area contributed by atoms with Gasteiger partial charge in [-0.15, -0.1) is 5.10 Å². The molecule has 10 heteroatoms. The van der Waals surface area contributed by atoms with Gasteiger partial charge in [-0.3, -0.25) is 9.69 Å². The average molecular weight is 384 g/mol. The number of piperazine rings is 1. The van der Waals surface area contributed by atoms with Crippen molar-refractivity contribution < 1.29 is 9.72 Å². The van der Waals surface area contributed by atoms with Crippen LogP contribution in [0.5, 0.6) is 0 Å². The van der Waals surface area contributed by atoms with Crippen molar-refractivity contribution in [1.82, 2.24) is 20.0 Å². The summed E-state index contributed by atoms with van der Waals surface area (Å²) in [4.78, 5) is 26.2. The van der Waals surface area contributed by atoms with Gasteiger partial charge in [-0.25, -0.2) is 0 Å². The number of halogens is 2. The SMILES string of the molecule is O=C(c1cc([N+](=O)[O-])[nH]n1)N1CCN(Cc2c(Cl)cccc2Cl)CC1. The van der Waals surface area contributed by atoms with Crippen molar-refractivity contribution in [1.29, 1.82) is 0 Å². The minimum absolute atomic E-state index is 0.0503. The zero-order valence-corrected chi connectivity index (χ0v) is 14.6.